The van der Waals surface area contributed by atoms with Crippen LogP contribution >= 0.6 is 0 Å². The summed E-state index contributed by atoms with van der Waals surface area (Å²) in [6, 6.07) is 15.6. The summed E-state index contributed by atoms with van der Waals surface area (Å²) in [6.45, 7) is 3.45. The molecule has 0 unspecified atom stereocenters. The van der Waals surface area contributed by atoms with E-state index in [1.165, 1.54) is 5.69 Å². The first-order chi connectivity index (χ1) is 10.6. The molecule has 0 bridgehead atoms. The van der Waals surface area contributed by atoms with Gasteiger partial charge in [-0.2, -0.15) is 0 Å². The Morgan fingerprint density at radius 1 is 1.18 bits per heavy atom. The van der Waals surface area contributed by atoms with E-state index in [-0.39, 0.29) is 5.91 Å². The van der Waals surface area contributed by atoms with Crippen molar-refractivity contribution in [1.82, 2.24) is 5.32 Å². The standard InChI is InChI=1S/C18H23N3O/c1-14-13-15(9-10-17(14)19)18(22)20-11-6-12-21(2)16-7-4-3-5-8-16/h3-5,7-10,13H,6,11-12,19H2,1-2H3,(H,20,22). The van der Waals surface area contributed by atoms with Crippen molar-refractivity contribution in [2.24, 2.45) is 0 Å². The molecular formula is C18H23N3O. The fraction of sp³-hybridized carbons (Fsp3) is 0.278. The largest absolute Gasteiger partial charge is 0.399 e. The summed E-state index contributed by atoms with van der Waals surface area (Å²) in [5.74, 6) is -0.0505. The van der Waals surface area contributed by atoms with Gasteiger partial charge in [-0.1, -0.05) is 18.2 Å². The molecule has 22 heavy (non-hydrogen) atoms. The van der Waals surface area contributed by atoms with Gasteiger partial charge in [-0.3, -0.25) is 4.79 Å². The number of para-hydroxylation sites is 1. The minimum Gasteiger partial charge on any atom is -0.399 e. The molecule has 0 aliphatic heterocycles. The number of nitrogens with one attached hydrogen (secondary N) is 1. The molecule has 4 heteroatoms. The number of anilines is 2. The zero-order valence-corrected chi connectivity index (χ0v) is 13.2. The van der Waals surface area contributed by atoms with Crippen LogP contribution in [-0.4, -0.2) is 26.0 Å². The van der Waals surface area contributed by atoms with Gasteiger partial charge in [0.05, 0.1) is 0 Å². The van der Waals surface area contributed by atoms with Gasteiger partial charge in [-0.15, -0.1) is 0 Å². The average Bonchev–Trinajstić information content (AvgIpc) is 2.54. The van der Waals surface area contributed by atoms with E-state index in [9.17, 15) is 4.79 Å². The molecule has 0 saturated carbocycles. The Kier molecular flexibility index (Phi) is 5.42. The summed E-state index contributed by atoms with van der Waals surface area (Å²) >= 11 is 0. The van der Waals surface area contributed by atoms with Crippen LogP contribution in [0.5, 0.6) is 0 Å². The van der Waals surface area contributed by atoms with E-state index < -0.39 is 0 Å². The monoisotopic (exact) mass is 297 g/mol. The molecule has 1 amide bonds. The highest BCUT2D eigenvalue weighted by Crippen LogP contribution is 2.13. The number of carbonyl (C=O) groups is 1. The van der Waals surface area contributed by atoms with E-state index in [4.69, 9.17) is 5.73 Å². The van der Waals surface area contributed by atoms with Gasteiger partial charge in [-0.25, -0.2) is 0 Å². The van der Waals surface area contributed by atoms with Gasteiger partial charge in [-0.05, 0) is 49.2 Å². The van der Waals surface area contributed by atoms with Crippen LogP contribution in [0, 0.1) is 6.92 Å². The molecule has 0 saturated heterocycles. The second kappa shape index (κ2) is 7.50. The number of amides is 1. The van der Waals surface area contributed by atoms with Crippen molar-refractivity contribution in [2.75, 3.05) is 30.8 Å². The number of benzene rings is 2. The number of nitrogens with zero attached hydrogens (tertiary/aromatic N) is 1. The van der Waals surface area contributed by atoms with Gasteiger partial charge < -0.3 is 16.0 Å². The molecule has 2 aromatic rings. The Hall–Kier alpha value is -2.49. The quantitative estimate of drug-likeness (QED) is 0.637. The third-order valence-corrected chi connectivity index (χ3v) is 3.68. The summed E-state index contributed by atoms with van der Waals surface area (Å²) < 4.78 is 0. The highest BCUT2D eigenvalue weighted by molar-refractivity contribution is 5.94. The lowest BCUT2D eigenvalue weighted by atomic mass is 10.1. The van der Waals surface area contributed by atoms with Gasteiger partial charge in [0, 0.05) is 37.1 Å². The van der Waals surface area contributed by atoms with E-state index in [1.54, 1.807) is 12.1 Å². The van der Waals surface area contributed by atoms with Gasteiger partial charge in [0.1, 0.15) is 0 Å². The molecular weight excluding hydrogens is 274 g/mol. The van der Waals surface area contributed by atoms with E-state index in [0.717, 1.165) is 18.5 Å². The predicted octanol–water partition coefficient (Wildman–Crippen LogP) is 2.83. The van der Waals surface area contributed by atoms with Crippen LogP contribution in [0.2, 0.25) is 0 Å². The van der Waals surface area contributed by atoms with Crippen molar-refractivity contribution in [3.63, 3.8) is 0 Å². The van der Waals surface area contributed by atoms with Crippen LogP contribution in [0.25, 0.3) is 0 Å². The zero-order valence-electron chi connectivity index (χ0n) is 13.2. The minimum absolute atomic E-state index is 0.0505. The van der Waals surface area contributed by atoms with Crippen molar-refractivity contribution in [3.05, 3.63) is 59.7 Å². The summed E-state index contributed by atoms with van der Waals surface area (Å²) in [5.41, 5.74) is 9.24. The lowest BCUT2D eigenvalue weighted by molar-refractivity contribution is 0.0953. The number of hydrogen-bond acceptors (Lipinski definition) is 3. The molecule has 0 aliphatic rings. The summed E-state index contributed by atoms with van der Waals surface area (Å²) in [4.78, 5) is 14.2. The maximum absolute atomic E-state index is 12.1. The molecule has 2 aromatic carbocycles. The Labute approximate surface area is 131 Å². The first-order valence-electron chi connectivity index (χ1n) is 7.48. The highest BCUT2D eigenvalue weighted by atomic mass is 16.1. The summed E-state index contributed by atoms with van der Waals surface area (Å²) in [5, 5.41) is 2.95. The van der Waals surface area contributed by atoms with E-state index in [2.05, 4.69) is 29.4 Å². The van der Waals surface area contributed by atoms with Crippen LogP contribution in [-0.2, 0) is 0 Å². The van der Waals surface area contributed by atoms with Gasteiger partial charge in [0.2, 0.25) is 0 Å². The van der Waals surface area contributed by atoms with Gasteiger partial charge >= 0.3 is 0 Å². The topological polar surface area (TPSA) is 58.4 Å². The third-order valence-electron chi connectivity index (χ3n) is 3.68. The van der Waals surface area contributed by atoms with Gasteiger partial charge in [0.15, 0.2) is 0 Å². The molecule has 0 heterocycles. The Bertz CT molecular complexity index is 625. The number of rotatable bonds is 6. The first-order valence-corrected chi connectivity index (χ1v) is 7.48. The maximum atomic E-state index is 12.1. The third kappa shape index (κ3) is 4.25. The summed E-state index contributed by atoms with van der Waals surface area (Å²) in [7, 11) is 2.06. The first kappa shape index (κ1) is 15.9. The Morgan fingerprint density at radius 2 is 1.91 bits per heavy atom. The number of nitrogens with two attached hydrogens (primary N) is 1. The smallest absolute Gasteiger partial charge is 0.251 e. The highest BCUT2D eigenvalue weighted by Gasteiger charge is 2.06. The van der Waals surface area contributed by atoms with Crippen molar-refractivity contribution < 1.29 is 4.79 Å². The molecule has 4 nitrogen and oxygen atoms in total. The van der Waals surface area contributed by atoms with Crippen molar-refractivity contribution in [3.8, 4) is 0 Å². The molecule has 0 atom stereocenters. The zero-order chi connectivity index (χ0) is 15.9. The average molecular weight is 297 g/mol. The van der Waals surface area contributed by atoms with Crippen molar-refractivity contribution >= 4 is 17.3 Å². The SMILES string of the molecule is Cc1cc(C(=O)NCCCN(C)c2ccccc2)ccc1N. The number of nitrogen functional groups attached to an aromatic ring is 1. The fourth-order valence-corrected chi connectivity index (χ4v) is 2.25. The molecule has 0 fully saturated rings. The molecule has 0 aliphatic carbocycles. The van der Waals surface area contributed by atoms with Crippen LogP contribution in [0.1, 0.15) is 22.3 Å². The molecule has 0 aromatic heterocycles. The van der Waals surface area contributed by atoms with Crippen LogP contribution in [0.3, 0.4) is 0 Å². The van der Waals surface area contributed by atoms with Crippen molar-refractivity contribution in [2.45, 2.75) is 13.3 Å². The van der Waals surface area contributed by atoms with Crippen LogP contribution in [0.15, 0.2) is 48.5 Å². The molecule has 0 spiro atoms. The Balaban J connectivity index is 1.76. The molecule has 116 valence electrons. The lowest BCUT2D eigenvalue weighted by Gasteiger charge is -2.19. The second-order valence-corrected chi connectivity index (χ2v) is 5.44. The minimum atomic E-state index is -0.0505. The molecule has 0 radical (unpaired) electrons. The van der Waals surface area contributed by atoms with Crippen molar-refractivity contribution in [1.29, 1.82) is 0 Å². The van der Waals surface area contributed by atoms with E-state index >= 15 is 0 Å². The number of hydrogen-bond donors (Lipinski definition) is 2. The molecule has 3 N–H and O–H groups in total. The maximum Gasteiger partial charge on any atom is 0.251 e. The van der Waals surface area contributed by atoms with Gasteiger partial charge in [0.25, 0.3) is 5.91 Å². The van der Waals surface area contributed by atoms with Crippen LogP contribution < -0.4 is 16.0 Å². The number of aryl methyl sites for hydroxylation is 1. The molecule has 2 rings (SSSR count). The summed E-state index contributed by atoms with van der Waals surface area (Å²) in [6.07, 6.45) is 0.894. The lowest BCUT2D eigenvalue weighted by Crippen LogP contribution is -2.28. The van der Waals surface area contributed by atoms with E-state index in [0.29, 0.717) is 17.8 Å². The predicted molar refractivity (Wildman–Crippen MR) is 92.3 cm³/mol. The van der Waals surface area contributed by atoms with Crippen LogP contribution in [0.4, 0.5) is 11.4 Å². The Morgan fingerprint density at radius 3 is 2.59 bits per heavy atom. The fourth-order valence-electron chi connectivity index (χ4n) is 2.25. The number of carbonyl (C=O) groups excluding carboxylic acids is 1. The van der Waals surface area contributed by atoms with E-state index in [1.807, 2.05) is 31.2 Å². The normalized spacial score (nSPS) is 10.3. The second-order valence-electron chi connectivity index (χ2n) is 5.44.